The number of ether oxygens (including phenoxy) is 1. The summed E-state index contributed by atoms with van der Waals surface area (Å²) in [5.74, 6) is 0. The van der Waals surface area contributed by atoms with Crippen LogP contribution >= 0.6 is 0 Å². The Hall–Kier alpha value is -0.960. The first kappa shape index (κ1) is 4.88. The van der Waals surface area contributed by atoms with E-state index in [4.69, 9.17) is 4.74 Å². The minimum absolute atomic E-state index is 0.698. The van der Waals surface area contributed by atoms with Crippen LogP contribution in [0.3, 0.4) is 0 Å². The normalized spacial score (nSPS) is 23.1. The average molecular weight is 124 g/mol. The van der Waals surface area contributed by atoms with Gasteiger partial charge in [0, 0.05) is 6.54 Å². The molecule has 9 heavy (non-hydrogen) atoms. The summed E-state index contributed by atoms with van der Waals surface area (Å²) >= 11 is 0. The third-order valence-electron chi connectivity index (χ3n) is 1.45. The van der Waals surface area contributed by atoms with Crippen molar-refractivity contribution in [1.82, 2.24) is 10.4 Å². The molecular weight excluding hydrogens is 116 g/mol. The number of rotatable bonds is 0. The Morgan fingerprint density at radius 3 is 3.56 bits per heavy atom. The lowest BCUT2D eigenvalue weighted by atomic mass is 10.4. The fourth-order valence-electron chi connectivity index (χ4n) is 0.976. The predicted molar refractivity (Wildman–Crippen MR) is 33.0 cm³/mol. The van der Waals surface area contributed by atoms with Gasteiger partial charge in [-0.05, 0) is 6.08 Å². The van der Waals surface area contributed by atoms with E-state index in [0.717, 1.165) is 6.54 Å². The molecule has 2 heterocycles. The topological polar surface area (TPSA) is 24.5 Å². The van der Waals surface area contributed by atoms with Gasteiger partial charge in [-0.1, -0.05) is 0 Å². The minimum atomic E-state index is 0.698. The van der Waals surface area contributed by atoms with Crippen LogP contribution in [-0.2, 0) is 4.74 Å². The predicted octanol–water partition coefficient (Wildman–Crippen LogP) is 0.192. The van der Waals surface area contributed by atoms with Crippen molar-refractivity contribution in [2.75, 3.05) is 13.2 Å². The van der Waals surface area contributed by atoms with Crippen molar-refractivity contribution >= 4 is 0 Å². The second kappa shape index (κ2) is 1.77. The Balaban J connectivity index is 2.23. The van der Waals surface area contributed by atoms with Gasteiger partial charge in [-0.15, -0.1) is 0 Å². The van der Waals surface area contributed by atoms with Crippen LogP contribution in [0.2, 0.25) is 0 Å². The highest BCUT2D eigenvalue weighted by Crippen LogP contribution is 2.11. The van der Waals surface area contributed by atoms with E-state index < -0.39 is 0 Å². The van der Waals surface area contributed by atoms with Crippen molar-refractivity contribution in [3.8, 4) is 0 Å². The van der Waals surface area contributed by atoms with Crippen molar-refractivity contribution < 1.29 is 4.74 Å². The molecule has 0 radical (unpaired) electrons. The molecule has 0 spiro atoms. The molecule has 0 atom stereocenters. The molecular formula is C6H8N2O. The van der Waals surface area contributed by atoms with E-state index in [9.17, 15) is 0 Å². The van der Waals surface area contributed by atoms with Crippen LogP contribution in [0.15, 0.2) is 24.2 Å². The Kier molecular flexibility index (Phi) is 0.960. The Morgan fingerprint density at radius 2 is 2.67 bits per heavy atom. The van der Waals surface area contributed by atoms with Crippen molar-refractivity contribution in [2.45, 2.75) is 0 Å². The molecule has 0 bridgehead atoms. The van der Waals surface area contributed by atoms with E-state index in [-0.39, 0.29) is 0 Å². The highest BCUT2D eigenvalue weighted by Gasteiger charge is 2.14. The molecule has 0 aromatic rings. The maximum atomic E-state index is 5.05. The molecule has 0 saturated heterocycles. The quantitative estimate of drug-likeness (QED) is 0.499. The van der Waals surface area contributed by atoms with E-state index in [0.29, 0.717) is 6.61 Å². The zero-order valence-corrected chi connectivity index (χ0v) is 5.00. The molecule has 0 unspecified atom stereocenters. The summed E-state index contributed by atoms with van der Waals surface area (Å²) in [6.45, 7) is 1.62. The van der Waals surface area contributed by atoms with Crippen molar-refractivity contribution in [1.29, 1.82) is 0 Å². The molecule has 2 aliphatic heterocycles. The Bertz CT molecular complexity index is 174. The third-order valence-corrected chi connectivity index (χ3v) is 1.45. The largest absolute Gasteiger partial charge is 0.493 e. The van der Waals surface area contributed by atoms with Crippen LogP contribution in [0.1, 0.15) is 0 Å². The first-order valence-corrected chi connectivity index (χ1v) is 2.97. The summed E-state index contributed by atoms with van der Waals surface area (Å²) in [6, 6.07) is 0. The van der Waals surface area contributed by atoms with E-state index >= 15 is 0 Å². The van der Waals surface area contributed by atoms with E-state index in [1.807, 2.05) is 11.2 Å². The maximum Gasteiger partial charge on any atom is 0.129 e. The van der Waals surface area contributed by atoms with E-state index in [2.05, 4.69) is 11.5 Å². The zero-order valence-electron chi connectivity index (χ0n) is 5.00. The van der Waals surface area contributed by atoms with Gasteiger partial charge in [-0.2, -0.15) is 0 Å². The van der Waals surface area contributed by atoms with Crippen LogP contribution in [0, 0.1) is 0 Å². The summed E-state index contributed by atoms with van der Waals surface area (Å²) in [7, 11) is 0. The molecule has 0 amide bonds. The molecule has 1 N–H and O–H groups in total. The number of hydrogen-bond donors (Lipinski definition) is 1. The lowest BCUT2D eigenvalue weighted by Gasteiger charge is -2.20. The molecule has 0 fully saturated rings. The molecule has 0 aromatic carbocycles. The zero-order chi connectivity index (χ0) is 6.10. The lowest BCUT2D eigenvalue weighted by molar-refractivity contribution is 0.203. The summed E-state index contributed by atoms with van der Waals surface area (Å²) in [5, 5.41) is 1.98. The third kappa shape index (κ3) is 0.695. The van der Waals surface area contributed by atoms with Gasteiger partial charge in [-0.25, -0.2) is 5.43 Å². The maximum absolute atomic E-state index is 5.05. The van der Waals surface area contributed by atoms with Crippen LogP contribution in [0.5, 0.6) is 0 Å². The first-order chi connectivity index (χ1) is 4.47. The molecule has 0 aromatic heterocycles. The fourth-order valence-corrected chi connectivity index (χ4v) is 0.976. The monoisotopic (exact) mass is 124 g/mol. The van der Waals surface area contributed by atoms with Gasteiger partial charge in [0.1, 0.15) is 12.9 Å². The van der Waals surface area contributed by atoms with Gasteiger partial charge in [-0.3, -0.25) is 5.01 Å². The summed E-state index contributed by atoms with van der Waals surface area (Å²) in [4.78, 5) is 0. The van der Waals surface area contributed by atoms with Gasteiger partial charge in [0.05, 0.1) is 11.9 Å². The number of nitrogens with one attached hydrogen (secondary N) is 1. The van der Waals surface area contributed by atoms with Gasteiger partial charge < -0.3 is 4.74 Å². The van der Waals surface area contributed by atoms with Crippen molar-refractivity contribution in [3.63, 3.8) is 0 Å². The number of hydrazine groups is 1. The SMILES string of the molecule is C1=CN2NCC=C2CO1. The number of hydrogen-bond acceptors (Lipinski definition) is 3. The van der Waals surface area contributed by atoms with Gasteiger partial charge in [0.25, 0.3) is 0 Å². The molecule has 48 valence electrons. The van der Waals surface area contributed by atoms with Crippen LogP contribution in [-0.4, -0.2) is 18.2 Å². The highest BCUT2D eigenvalue weighted by atomic mass is 16.5. The van der Waals surface area contributed by atoms with Crippen molar-refractivity contribution in [2.24, 2.45) is 0 Å². The fraction of sp³-hybridized carbons (Fsp3) is 0.333. The standard InChI is InChI=1S/C6H8N2O/c1-2-7-8-3-4-9-5-6(1)8/h1,3-4,7H,2,5H2. The Labute approximate surface area is 53.6 Å². The van der Waals surface area contributed by atoms with Crippen LogP contribution in [0.25, 0.3) is 0 Å². The molecule has 2 aliphatic rings. The molecule has 3 heteroatoms. The second-order valence-electron chi connectivity index (χ2n) is 2.02. The van der Waals surface area contributed by atoms with Crippen LogP contribution in [0.4, 0.5) is 0 Å². The van der Waals surface area contributed by atoms with E-state index in [1.54, 1.807) is 6.26 Å². The highest BCUT2D eigenvalue weighted by molar-refractivity contribution is 5.12. The summed E-state index contributed by atoms with van der Waals surface area (Å²) < 4.78 is 5.05. The number of fused-ring (bicyclic) bond motifs is 1. The van der Waals surface area contributed by atoms with Gasteiger partial charge in [0.15, 0.2) is 0 Å². The number of nitrogens with zero attached hydrogens (tertiary/aromatic N) is 1. The van der Waals surface area contributed by atoms with Gasteiger partial charge >= 0.3 is 0 Å². The van der Waals surface area contributed by atoms with Crippen LogP contribution < -0.4 is 5.43 Å². The molecule has 3 nitrogen and oxygen atoms in total. The second-order valence-corrected chi connectivity index (χ2v) is 2.02. The first-order valence-electron chi connectivity index (χ1n) is 2.97. The van der Waals surface area contributed by atoms with E-state index in [1.165, 1.54) is 5.70 Å². The smallest absolute Gasteiger partial charge is 0.129 e. The summed E-state index contributed by atoms with van der Waals surface area (Å²) in [6.07, 6.45) is 5.68. The summed E-state index contributed by atoms with van der Waals surface area (Å²) in [5.41, 5.74) is 4.34. The Morgan fingerprint density at radius 1 is 1.67 bits per heavy atom. The molecule has 0 saturated carbocycles. The average Bonchev–Trinajstić information content (AvgIpc) is 2.33. The van der Waals surface area contributed by atoms with Crippen molar-refractivity contribution in [3.05, 3.63) is 24.2 Å². The molecule has 2 rings (SSSR count). The van der Waals surface area contributed by atoms with Gasteiger partial charge in [0.2, 0.25) is 0 Å². The lowest BCUT2D eigenvalue weighted by Crippen LogP contribution is -2.29. The minimum Gasteiger partial charge on any atom is -0.493 e. The molecule has 0 aliphatic carbocycles.